The minimum absolute atomic E-state index is 0.206. The molecule has 0 spiro atoms. The summed E-state index contributed by atoms with van der Waals surface area (Å²) in [6.45, 7) is 10.2. The van der Waals surface area contributed by atoms with Crippen molar-refractivity contribution >= 4 is 56.3 Å². The van der Waals surface area contributed by atoms with Gasteiger partial charge in [-0.05, 0) is 72.5 Å². The zero-order valence-electron chi connectivity index (χ0n) is 13.9. The lowest BCUT2D eigenvalue weighted by molar-refractivity contribution is -0.143. The third-order valence-electron chi connectivity index (χ3n) is 4.32. The molecule has 0 bridgehead atoms. The third-order valence-corrected chi connectivity index (χ3v) is 7.71. The Labute approximate surface area is 158 Å². The maximum Gasteiger partial charge on any atom is 0.467 e. The number of hydrogen-bond donors (Lipinski definition) is 0. The lowest BCUT2D eigenvalue weighted by Gasteiger charge is -2.32. The number of hydrogen-bond acceptors (Lipinski definition) is 5. The van der Waals surface area contributed by atoms with Gasteiger partial charge < -0.3 is 14.0 Å². The molecule has 2 rings (SSSR count). The molecule has 128 valence electrons. The minimum atomic E-state index is -0.484. The minimum Gasteiger partial charge on any atom is -0.466 e. The Kier molecular flexibility index (Phi) is 6.05. The second kappa shape index (κ2) is 7.16. The van der Waals surface area contributed by atoms with Crippen LogP contribution in [-0.2, 0) is 18.8 Å². The van der Waals surface area contributed by atoms with Gasteiger partial charge in [-0.15, -0.1) is 11.3 Å². The van der Waals surface area contributed by atoms with E-state index < -0.39 is 18.3 Å². The first kappa shape index (κ1) is 19.4. The number of esters is 1. The highest BCUT2D eigenvalue weighted by Crippen LogP contribution is 2.45. The van der Waals surface area contributed by atoms with E-state index in [1.54, 1.807) is 18.3 Å². The molecular formula is C15H21BBr2O4S. The summed E-state index contributed by atoms with van der Waals surface area (Å²) in [5, 5.41) is 0. The van der Waals surface area contributed by atoms with Crippen LogP contribution in [-0.4, -0.2) is 30.9 Å². The first-order valence-corrected chi connectivity index (χ1v) is 9.93. The normalized spacial score (nSPS) is 20.6. The van der Waals surface area contributed by atoms with Crippen LogP contribution < -0.4 is 0 Å². The van der Waals surface area contributed by atoms with E-state index in [9.17, 15) is 4.79 Å². The first-order valence-electron chi connectivity index (χ1n) is 7.53. The molecular weight excluding hydrogens is 447 g/mol. The van der Waals surface area contributed by atoms with Gasteiger partial charge in [0.2, 0.25) is 0 Å². The lowest BCUT2D eigenvalue weighted by atomic mass is 9.69. The van der Waals surface area contributed by atoms with Crippen LogP contribution in [0.4, 0.5) is 0 Å². The largest absolute Gasteiger partial charge is 0.467 e. The van der Waals surface area contributed by atoms with Gasteiger partial charge in [0.1, 0.15) is 0 Å². The van der Waals surface area contributed by atoms with E-state index in [1.807, 2.05) is 33.8 Å². The van der Waals surface area contributed by atoms with Gasteiger partial charge in [-0.1, -0.05) is 0 Å². The van der Waals surface area contributed by atoms with Crippen molar-refractivity contribution in [2.45, 2.75) is 58.1 Å². The van der Waals surface area contributed by atoms with Crippen LogP contribution in [0.1, 0.15) is 51.7 Å². The van der Waals surface area contributed by atoms with Crippen LogP contribution in [0.5, 0.6) is 0 Å². The number of rotatable bonds is 5. The molecule has 1 aromatic heterocycles. The van der Waals surface area contributed by atoms with E-state index in [0.29, 0.717) is 6.61 Å². The summed E-state index contributed by atoms with van der Waals surface area (Å²) in [5.41, 5.74) is -0.868. The van der Waals surface area contributed by atoms with Crippen molar-refractivity contribution in [2.24, 2.45) is 0 Å². The predicted octanol–water partition coefficient (Wildman–Crippen LogP) is 4.94. The molecule has 1 saturated heterocycles. The van der Waals surface area contributed by atoms with E-state index in [-0.39, 0.29) is 18.2 Å². The summed E-state index contributed by atoms with van der Waals surface area (Å²) in [5.74, 6) is -0.449. The van der Waals surface area contributed by atoms with E-state index in [2.05, 4.69) is 31.9 Å². The van der Waals surface area contributed by atoms with Crippen molar-refractivity contribution < 1.29 is 18.8 Å². The summed E-state index contributed by atoms with van der Waals surface area (Å²) < 4.78 is 19.4. The van der Waals surface area contributed by atoms with Gasteiger partial charge in [-0.25, -0.2) is 0 Å². The molecule has 1 unspecified atom stereocenters. The van der Waals surface area contributed by atoms with Crippen molar-refractivity contribution in [2.75, 3.05) is 6.61 Å². The third kappa shape index (κ3) is 4.21. The van der Waals surface area contributed by atoms with Crippen LogP contribution in [0.2, 0.25) is 0 Å². The molecule has 0 saturated carbocycles. The van der Waals surface area contributed by atoms with Crippen molar-refractivity contribution in [1.29, 1.82) is 0 Å². The average molecular weight is 468 g/mol. The van der Waals surface area contributed by atoms with E-state index >= 15 is 0 Å². The maximum absolute atomic E-state index is 12.0. The molecule has 4 nitrogen and oxygen atoms in total. The van der Waals surface area contributed by atoms with Crippen LogP contribution in [0.3, 0.4) is 0 Å². The van der Waals surface area contributed by atoms with Crippen LogP contribution in [0.25, 0.3) is 0 Å². The summed E-state index contributed by atoms with van der Waals surface area (Å²) in [4.78, 5) is 13.1. The van der Waals surface area contributed by atoms with Crippen LogP contribution >= 0.6 is 43.2 Å². The first-order chi connectivity index (χ1) is 10.6. The van der Waals surface area contributed by atoms with Gasteiger partial charge in [0.05, 0.1) is 28.0 Å². The number of carbonyl (C=O) groups is 1. The zero-order valence-corrected chi connectivity index (χ0v) is 17.9. The van der Waals surface area contributed by atoms with Gasteiger partial charge >= 0.3 is 13.1 Å². The quantitative estimate of drug-likeness (QED) is 0.454. The summed E-state index contributed by atoms with van der Waals surface area (Å²) >= 11 is 8.58. The molecule has 8 heteroatoms. The molecule has 1 fully saturated rings. The molecule has 2 heterocycles. The Bertz CT molecular complexity index is 553. The Balaban J connectivity index is 2.29. The molecule has 0 aliphatic carbocycles. The zero-order chi connectivity index (χ0) is 17.4. The highest BCUT2D eigenvalue weighted by molar-refractivity contribution is 9.13. The Morgan fingerprint density at radius 2 is 1.87 bits per heavy atom. The summed E-state index contributed by atoms with van der Waals surface area (Å²) in [6, 6.07) is 2.00. The standard InChI is InChI=1S/C15H21BBr2O4S/c1-6-20-12(19)7-9(11-8-10(17)13(18)23-11)16-21-14(2,3)15(4,5)22-16/h8-9H,6-7H2,1-5H3. The fraction of sp³-hybridized carbons (Fsp3) is 0.667. The fourth-order valence-electron chi connectivity index (χ4n) is 2.33. The predicted molar refractivity (Wildman–Crippen MR) is 99.8 cm³/mol. The average Bonchev–Trinajstić information content (AvgIpc) is 2.84. The van der Waals surface area contributed by atoms with Gasteiger partial charge in [0.25, 0.3) is 0 Å². The number of ether oxygens (including phenoxy) is 1. The molecule has 1 aromatic rings. The Morgan fingerprint density at radius 3 is 2.30 bits per heavy atom. The highest BCUT2D eigenvalue weighted by atomic mass is 79.9. The molecule has 1 atom stereocenters. The molecule has 23 heavy (non-hydrogen) atoms. The van der Waals surface area contributed by atoms with Crippen molar-refractivity contribution in [3.63, 3.8) is 0 Å². The molecule has 1 aliphatic heterocycles. The Morgan fingerprint density at radius 1 is 1.30 bits per heavy atom. The maximum atomic E-state index is 12.0. The van der Waals surface area contributed by atoms with Crippen molar-refractivity contribution in [3.05, 3.63) is 19.2 Å². The van der Waals surface area contributed by atoms with Gasteiger partial charge in [-0.2, -0.15) is 0 Å². The lowest BCUT2D eigenvalue weighted by Crippen LogP contribution is -2.41. The van der Waals surface area contributed by atoms with E-state index in [1.165, 1.54) is 0 Å². The molecule has 1 aliphatic rings. The fourth-order valence-corrected chi connectivity index (χ4v) is 4.53. The van der Waals surface area contributed by atoms with Crippen LogP contribution in [0, 0.1) is 0 Å². The number of thiophene rings is 1. The summed E-state index contributed by atoms with van der Waals surface area (Å²) in [6.07, 6.45) is 0.226. The topological polar surface area (TPSA) is 44.8 Å². The second-order valence-electron chi connectivity index (χ2n) is 6.51. The van der Waals surface area contributed by atoms with Gasteiger partial charge in [0, 0.05) is 15.2 Å². The van der Waals surface area contributed by atoms with Crippen molar-refractivity contribution in [1.82, 2.24) is 0 Å². The second-order valence-corrected chi connectivity index (χ2v) is 9.77. The molecule has 0 N–H and O–H groups in total. The molecule has 0 radical (unpaired) electrons. The number of carbonyl (C=O) groups excluding carboxylic acids is 1. The highest BCUT2D eigenvalue weighted by Gasteiger charge is 2.54. The monoisotopic (exact) mass is 466 g/mol. The van der Waals surface area contributed by atoms with Gasteiger partial charge in [0.15, 0.2) is 0 Å². The van der Waals surface area contributed by atoms with E-state index in [0.717, 1.165) is 13.1 Å². The van der Waals surface area contributed by atoms with Crippen LogP contribution in [0.15, 0.2) is 14.3 Å². The van der Waals surface area contributed by atoms with E-state index in [4.69, 9.17) is 14.0 Å². The SMILES string of the molecule is CCOC(=O)CC(B1OC(C)(C)C(C)(C)O1)c1cc(Br)c(Br)s1. The smallest absolute Gasteiger partial charge is 0.466 e. The Hall–Kier alpha value is 0.115. The molecule has 0 amide bonds. The van der Waals surface area contributed by atoms with Crippen molar-refractivity contribution in [3.8, 4) is 0 Å². The molecule has 0 aromatic carbocycles. The number of halogens is 2. The van der Waals surface area contributed by atoms with Gasteiger partial charge in [-0.3, -0.25) is 4.79 Å². The summed E-state index contributed by atoms with van der Waals surface area (Å²) in [7, 11) is -0.484.